The van der Waals surface area contributed by atoms with Crippen molar-refractivity contribution in [2.24, 2.45) is 0 Å². The van der Waals surface area contributed by atoms with E-state index in [1.165, 1.54) is 12.1 Å². The van der Waals surface area contributed by atoms with Crippen LogP contribution in [0.4, 0.5) is 10.2 Å². The molecule has 1 saturated heterocycles. The third kappa shape index (κ3) is 5.41. The number of hydrogen-bond acceptors (Lipinski definition) is 6. The second kappa shape index (κ2) is 10.3. The molecule has 176 valence electrons. The van der Waals surface area contributed by atoms with Gasteiger partial charge >= 0.3 is 0 Å². The summed E-state index contributed by atoms with van der Waals surface area (Å²) in [4.78, 5) is 4.44. The third-order valence-corrected chi connectivity index (χ3v) is 6.32. The molecule has 3 aromatic rings. The van der Waals surface area contributed by atoms with Crippen molar-refractivity contribution in [3.63, 3.8) is 0 Å². The van der Waals surface area contributed by atoms with E-state index in [9.17, 15) is 9.50 Å². The molecule has 3 heterocycles. The number of nitrogens with zero attached hydrogens (tertiary/aromatic N) is 3. The Bertz CT molecular complexity index is 1120. The van der Waals surface area contributed by atoms with Gasteiger partial charge in [0, 0.05) is 34.1 Å². The molecule has 1 unspecified atom stereocenters. The Hall–Kier alpha value is -2.39. The van der Waals surface area contributed by atoms with E-state index in [2.05, 4.69) is 20.7 Å². The molecule has 0 aliphatic carbocycles. The quantitative estimate of drug-likeness (QED) is 0.309. The molecular weight excluding hydrogens is 468 g/mol. The Morgan fingerprint density at radius 1 is 1.21 bits per heavy atom. The molecular formula is C23H26Cl2FN5O2. The minimum Gasteiger partial charge on any atom is -0.482 e. The molecule has 4 rings (SSSR count). The van der Waals surface area contributed by atoms with E-state index in [0.717, 1.165) is 37.1 Å². The highest BCUT2D eigenvalue weighted by atomic mass is 35.5. The van der Waals surface area contributed by atoms with Crippen molar-refractivity contribution < 1.29 is 14.2 Å². The van der Waals surface area contributed by atoms with Crippen molar-refractivity contribution in [3.8, 4) is 16.9 Å². The first kappa shape index (κ1) is 23.8. The number of hydrogen-bond donors (Lipinski definition) is 3. The lowest BCUT2D eigenvalue weighted by Crippen LogP contribution is -2.29. The van der Waals surface area contributed by atoms with Crippen LogP contribution in [0.15, 0.2) is 36.8 Å². The first-order valence-corrected chi connectivity index (χ1v) is 11.6. The molecule has 7 nitrogen and oxygen atoms in total. The van der Waals surface area contributed by atoms with Gasteiger partial charge in [0.1, 0.15) is 18.1 Å². The minimum absolute atomic E-state index is 0.0904. The van der Waals surface area contributed by atoms with E-state index < -0.39 is 18.1 Å². The van der Waals surface area contributed by atoms with Crippen LogP contribution in [0.3, 0.4) is 0 Å². The first-order valence-electron chi connectivity index (χ1n) is 10.8. The fourth-order valence-corrected chi connectivity index (χ4v) is 4.60. The van der Waals surface area contributed by atoms with Crippen LogP contribution >= 0.6 is 23.2 Å². The number of pyridine rings is 1. The maximum atomic E-state index is 14.0. The number of nitrogens with one attached hydrogen (secondary N) is 2. The van der Waals surface area contributed by atoms with E-state index in [0.29, 0.717) is 28.2 Å². The van der Waals surface area contributed by atoms with Crippen LogP contribution in [0, 0.1) is 5.82 Å². The molecule has 0 radical (unpaired) electrons. The predicted molar refractivity (Wildman–Crippen MR) is 127 cm³/mol. The van der Waals surface area contributed by atoms with Gasteiger partial charge in [-0.05, 0) is 58.0 Å². The molecule has 2 aromatic heterocycles. The smallest absolute Gasteiger partial charge is 0.170 e. The van der Waals surface area contributed by atoms with Crippen LogP contribution in [-0.4, -0.2) is 39.2 Å². The molecule has 0 amide bonds. The lowest BCUT2D eigenvalue weighted by molar-refractivity contribution is 0.214. The number of aromatic nitrogens is 3. The number of halogens is 3. The predicted octanol–water partition coefficient (Wildman–Crippen LogP) is 5.21. The van der Waals surface area contributed by atoms with Gasteiger partial charge in [0.2, 0.25) is 0 Å². The molecule has 33 heavy (non-hydrogen) atoms. The standard InChI is InChI=1S/C23H26Cl2FN5O2/c1-13(21-18(24)3-4-19(26)22(21)25)33-20-9-15(10-28-23(20)30-14(2)32)16-11-29-31(12-16)17-5-7-27-8-6-17/h3-4,9-14,17,27,32H,5-8H2,1-2H3,(H,28,30)/t13-,14?/m1/s1. The van der Waals surface area contributed by atoms with E-state index in [4.69, 9.17) is 27.9 Å². The van der Waals surface area contributed by atoms with Crippen LogP contribution < -0.4 is 15.4 Å². The largest absolute Gasteiger partial charge is 0.482 e. The van der Waals surface area contributed by atoms with E-state index >= 15 is 0 Å². The lowest BCUT2D eigenvalue weighted by atomic mass is 10.1. The number of benzene rings is 1. The number of piperidine rings is 1. The van der Waals surface area contributed by atoms with Crippen molar-refractivity contribution in [2.45, 2.75) is 45.1 Å². The van der Waals surface area contributed by atoms with Crippen LogP contribution in [0.2, 0.25) is 10.0 Å². The van der Waals surface area contributed by atoms with Gasteiger partial charge in [-0.15, -0.1) is 0 Å². The second-order valence-electron chi connectivity index (χ2n) is 8.10. The summed E-state index contributed by atoms with van der Waals surface area (Å²) >= 11 is 12.4. The van der Waals surface area contributed by atoms with Crippen molar-refractivity contribution in [3.05, 3.63) is 58.2 Å². The summed E-state index contributed by atoms with van der Waals surface area (Å²) in [5, 5.41) is 20.8. The number of rotatable bonds is 7. The molecule has 1 aromatic carbocycles. The molecule has 3 N–H and O–H groups in total. The number of aliphatic hydroxyl groups excluding tert-OH is 1. The molecule has 1 fully saturated rings. The summed E-state index contributed by atoms with van der Waals surface area (Å²) in [5.74, 6) is 0.132. The van der Waals surface area contributed by atoms with Crippen LogP contribution in [0.25, 0.3) is 11.1 Å². The maximum absolute atomic E-state index is 14.0. The molecule has 1 aliphatic heterocycles. The highest BCUT2D eigenvalue weighted by Gasteiger charge is 2.22. The van der Waals surface area contributed by atoms with Gasteiger partial charge in [-0.1, -0.05) is 23.2 Å². The summed E-state index contributed by atoms with van der Waals surface area (Å²) < 4.78 is 22.2. The van der Waals surface area contributed by atoms with Crippen LogP contribution in [-0.2, 0) is 0 Å². The monoisotopic (exact) mass is 493 g/mol. The van der Waals surface area contributed by atoms with Gasteiger partial charge in [-0.2, -0.15) is 5.10 Å². The summed E-state index contributed by atoms with van der Waals surface area (Å²) in [5.41, 5.74) is 2.03. The van der Waals surface area contributed by atoms with Gasteiger partial charge in [0.05, 0.1) is 17.3 Å². The number of anilines is 1. The highest BCUT2D eigenvalue weighted by Crippen LogP contribution is 2.38. The van der Waals surface area contributed by atoms with E-state index in [-0.39, 0.29) is 5.02 Å². The number of ether oxygens (including phenoxy) is 1. The van der Waals surface area contributed by atoms with Gasteiger partial charge in [0.25, 0.3) is 0 Å². The zero-order valence-corrected chi connectivity index (χ0v) is 19.9. The Labute approximate surface area is 201 Å². The molecule has 0 saturated carbocycles. The van der Waals surface area contributed by atoms with Crippen LogP contribution in [0.1, 0.15) is 44.4 Å². The van der Waals surface area contributed by atoms with Gasteiger partial charge in [-0.3, -0.25) is 4.68 Å². The Morgan fingerprint density at radius 2 is 1.97 bits per heavy atom. The Balaban J connectivity index is 1.65. The zero-order chi connectivity index (χ0) is 23.5. The van der Waals surface area contributed by atoms with Crippen LogP contribution in [0.5, 0.6) is 5.75 Å². The number of aliphatic hydroxyl groups is 1. The second-order valence-corrected chi connectivity index (χ2v) is 8.88. The third-order valence-electron chi connectivity index (χ3n) is 5.61. The fourth-order valence-electron chi connectivity index (χ4n) is 3.92. The summed E-state index contributed by atoms with van der Waals surface area (Å²) in [6, 6.07) is 4.82. The van der Waals surface area contributed by atoms with Gasteiger partial charge in [-0.25, -0.2) is 9.37 Å². The average Bonchev–Trinajstić information content (AvgIpc) is 3.28. The topological polar surface area (TPSA) is 84.2 Å². The molecule has 1 aliphatic rings. The van der Waals surface area contributed by atoms with Gasteiger partial charge < -0.3 is 20.5 Å². The van der Waals surface area contributed by atoms with Crippen molar-refractivity contribution >= 4 is 29.0 Å². The van der Waals surface area contributed by atoms with Gasteiger partial charge in [0.15, 0.2) is 11.6 Å². The summed E-state index contributed by atoms with van der Waals surface area (Å²) in [6.07, 6.45) is 6.01. The highest BCUT2D eigenvalue weighted by molar-refractivity contribution is 6.36. The zero-order valence-electron chi connectivity index (χ0n) is 18.4. The normalized spacial score (nSPS) is 16.4. The fraction of sp³-hybridized carbons (Fsp3) is 0.391. The van der Waals surface area contributed by atoms with Crippen molar-refractivity contribution in [1.82, 2.24) is 20.1 Å². The average molecular weight is 494 g/mol. The van der Waals surface area contributed by atoms with E-state index in [1.807, 2.05) is 10.9 Å². The molecule has 0 spiro atoms. The summed E-state index contributed by atoms with van der Waals surface area (Å²) in [7, 11) is 0. The maximum Gasteiger partial charge on any atom is 0.170 e. The summed E-state index contributed by atoms with van der Waals surface area (Å²) in [6.45, 7) is 5.25. The van der Waals surface area contributed by atoms with Crippen molar-refractivity contribution in [1.29, 1.82) is 0 Å². The first-order chi connectivity index (χ1) is 15.8. The SMILES string of the molecule is CC(O)Nc1ncc(-c2cnn(C3CCNCC3)c2)cc1O[C@H](C)c1c(Cl)ccc(F)c1Cl. The lowest BCUT2D eigenvalue weighted by Gasteiger charge is -2.22. The molecule has 10 heteroatoms. The minimum atomic E-state index is -0.856. The Morgan fingerprint density at radius 3 is 2.70 bits per heavy atom. The molecule has 0 bridgehead atoms. The van der Waals surface area contributed by atoms with E-state index in [1.54, 1.807) is 32.3 Å². The molecule has 2 atom stereocenters. The Kier molecular flexibility index (Phi) is 7.38. The van der Waals surface area contributed by atoms with Crippen molar-refractivity contribution in [2.75, 3.05) is 18.4 Å².